The molecule has 1 aromatic carbocycles. The number of halogens is 1. The average Bonchev–Trinajstić information content (AvgIpc) is 3.39. The summed E-state index contributed by atoms with van der Waals surface area (Å²) in [6, 6.07) is 5.44. The van der Waals surface area contributed by atoms with Crippen LogP contribution >= 0.6 is 11.6 Å². The molecule has 9 nitrogen and oxygen atoms in total. The number of aliphatic hydroxyl groups excluding tert-OH is 1. The first kappa shape index (κ1) is 25.4. The lowest BCUT2D eigenvalue weighted by molar-refractivity contribution is 0.108. The highest BCUT2D eigenvalue weighted by atomic mass is 35.5. The van der Waals surface area contributed by atoms with E-state index in [1.807, 2.05) is 20.8 Å². The van der Waals surface area contributed by atoms with E-state index in [0.29, 0.717) is 46.9 Å². The van der Waals surface area contributed by atoms with Crippen molar-refractivity contribution in [3.8, 4) is 28.4 Å². The highest BCUT2D eigenvalue weighted by Gasteiger charge is 2.26. The van der Waals surface area contributed by atoms with Gasteiger partial charge in [-0.2, -0.15) is 0 Å². The van der Waals surface area contributed by atoms with Crippen molar-refractivity contribution >= 4 is 17.4 Å². The van der Waals surface area contributed by atoms with E-state index in [2.05, 4.69) is 22.7 Å². The van der Waals surface area contributed by atoms with E-state index in [9.17, 15) is 5.11 Å². The predicted molar refractivity (Wildman–Crippen MR) is 135 cm³/mol. The first-order valence-corrected chi connectivity index (χ1v) is 12.1. The Morgan fingerprint density at radius 2 is 2.06 bits per heavy atom. The Labute approximate surface area is 210 Å². The number of nitrogens with one attached hydrogen (secondary N) is 2. The Morgan fingerprint density at radius 3 is 2.71 bits per heavy atom. The van der Waals surface area contributed by atoms with Gasteiger partial charge >= 0.3 is 0 Å². The standard InChI is InChI=1S/C25H32ClN5O4/c1-13-8-17(11-33-13)28-24-14(2)23(22-15(3)31-35-16(22)4)29-25(30-24)20-9-19(6-7-21(20)26)34-12-18(32)10-27-5/h6-7,9,13,17-18,27,32H,8,10-12H2,1-5H3,(H,28,29,30)/t13-,17+,18-/m1/s1. The van der Waals surface area contributed by atoms with Crippen LogP contribution in [-0.4, -0.2) is 65.3 Å². The Hall–Kier alpha value is -2.72. The lowest BCUT2D eigenvalue weighted by Gasteiger charge is -2.18. The van der Waals surface area contributed by atoms with Gasteiger partial charge in [0.1, 0.15) is 30.0 Å². The van der Waals surface area contributed by atoms with Crippen LogP contribution in [0.5, 0.6) is 5.75 Å². The van der Waals surface area contributed by atoms with E-state index in [0.717, 1.165) is 28.9 Å². The lowest BCUT2D eigenvalue weighted by atomic mass is 10.0. The molecule has 0 radical (unpaired) electrons. The molecule has 1 fully saturated rings. The van der Waals surface area contributed by atoms with Crippen LogP contribution in [0.1, 0.15) is 30.4 Å². The zero-order valence-corrected chi connectivity index (χ0v) is 21.4. The second kappa shape index (κ2) is 10.9. The summed E-state index contributed by atoms with van der Waals surface area (Å²) in [7, 11) is 1.78. The van der Waals surface area contributed by atoms with Crippen molar-refractivity contribution in [3.63, 3.8) is 0 Å². The molecule has 1 saturated heterocycles. The molecule has 1 aliphatic rings. The molecular formula is C25H32ClN5O4. The van der Waals surface area contributed by atoms with Gasteiger partial charge in [-0.25, -0.2) is 9.97 Å². The number of likely N-dealkylation sites (N-methyl/N-ethyl adjacent to an activating group) is 1. The first-order valence-electron chi connectivity index (χ1n) is 11.7. The third-order valence-corrected chi connectivity index (χ3v) is 6.35. The zero-order valence-electron chi connectivity index (χ0n) is 20.7. The maximum atomic E-state index is 10.00. The van der Waals surface area contributed by atoms with Gasteiger partial charge in [-0.1, -0.05) is 16.8 Å². The number of hydrogen-bond acceptors (Lipinski definition) is 9. The molecule has 4 rings (SSSR count). The summed E-state index contributed by atoms with van der Waals surface area (Å²) < 4.78 is 17.0. The van der Waals surface area contributed by atoms with Gasteiger partial charge < -0.3 is 29.7 Å². The highest BCUT2D eigenvalue weighted by molar-refractivity contribution is 6.33. The highest BCUT2D eigenvalue weighted by Crippen LogP contribution is 2.36. The second-order valence-electron chi connectivity index (χ2n) is 8.95. The number of ether oxygens (including phenoxy) is 2. The molecule has 0 amide bonds. The van der Waals surface area contributed by atoms with Gasteiger partial charge in [0.25, 0.3) is 0 Å². The maximum Gasteiger partial charge on any atom is 0.163 e. The van der Waals surface area contributed by atoms with E-state index < -0.39 is 6.10 Å². The summed E-state index contributed by atoms with van der Waals surface area (Å²) in [5, 5.41) is 21.1. The van der Waals surface area contributed by atoms with Gasteiger partial charge in [0.15, 0.2) is 5.82 Å². The molecule has 1 aliphatic heterocycles. The molecule has 3 N–H and O–H groups in total. The third-order valence-electron chi connectivity index (χ3n) is 6.02. The second-order valence-corrected chi connectivity index (χ2v) is 9.36. The summed E-state index contributed by atoms with van der Waals surface area (Å²) in [4.78, 5) is 9.76. The van der Waals surface area contributed by atoms with Gasteiger partial charge in [-0.3, -0.25) is 0 Å². The molecule has 10 heteroatoms. The van der Waals surface area contributed by atoms with Crippen molar-refractivity contribution in [2.24, 2.45) is 0 Å². The number of aryl methyl sites for hydroxylation is 2. The molecule has 0 unspecified atom stereocenters. The summed E-state index contributed by atoms with van der Waals surface area (Å²) in [5.74, 6) is 2.40. The molecule has 0 spiro atoms. The number of aromatic nitrogens is 3. The number of benzene rings is 1. The summed E-state index contributed by atoms with van der Waals surface area (Å²) >= 11 is 6.60. The van der Waals surface area contributed by atoms with E-state index in [-0.39, 0.29) is 18.8 Å². The molecular weight excluding hydrogens is 470 g/mol. The Kier molecular flexibility index (Phi) is 7.91. The van der Waals surface area contributed by atoms with Crippen molar-refractivity contribution in [2.45, 2.75) is 52.4 Å². The van der Waals surface area contributed by atoms with Crippen molar-refractivity contribution in [2.75, 3.05) is 32.1 Å². The molecule has 0 bridgehead atoms. The van der Waals surface area contributed by atoms with E-state index >= 15 is 0 Å². The Bertz CT molecular complexity index is 1170. The van der Waals surface area contributed by atoms with Crippen molar-refractivity contribution in [3.05, 3.63) is 40.2 Å². The minimum Gasteiger partial charge on any atom is -0.491 e. The SMILES string of the molecule is CNC[C@@H](O)COc1ccc(Cl)c(-c2nc(N[C@@H]3CO[C@H](C)C3)c(C)c(-c3c(C)noc3C)n2)c1. The normalized spacial score (nSPS) is 18.6. The van der Waals surface area contributed by atoms with Crippen LogP contribution in [0, 0.1) is 20.8 Å². The van der Waals surface area contributed by atoms with Gasteiger partial charge in [-0.05, 0) is 59.4 Å². The molecule has 3 aromatic rings. The zero-order chi connectivity index (χ0) is 25.1. The van der Waals surface area contributed by atoms with Crippen LogP contribution in [0.2, 0.25) is 5.02 Å². The largest absolute Gasteiger partial charge is 0.491 e. The van der Waals surface area contributed by atoms with Gasteiger partial charge in [0.2, 0.25) is 0 Å². The molecule has 188 valence electrons. The molecule has 35 heavy (non-hydrogen) atoms. The van der Waals surface area contributed by atoms with Crippen LogP contribution in [0.3, 0.4) is 0 Å². The van der Waals surface area contributed by atoms with Crippen LogP contribution in [0.25, 0.3) is 22.6 Å². The summed E-state index contributed by atoms with van der Waals surface area (Å²) in [6.45, 7) is 9.00. The van der Waals surface area contributed by atoms with Gasteiger partial charge in [0.05, 0.1) is 40.7 Å². The smallest absolute Gasteiger partial charge is 0.163 e. The average molecular weight is 502 g/mol. The van der Waals surface area contributed by atoms with Crippen LogP contribution in [0.4, 0.5) is 5.82 Å². The van der Waals surface area contributed by atoms with E-state index in [1.54, 1.807) is 25.2 Å². The van der Waals surface area contributed by atoms with Crippen molar-refractivity contribution < 1.29 is 19.1 Å². The topological polar surface area (TPSA) is 115 Å². The third kappa shape index (κ3) is 5.75. The number of aliphatic hydroxyl groups is 1. The predicted octanol–water partition coefficient (Wildman–Crippen LogP) is 3.93. The first-order chi connectivity index (χ1) is 16.8. The Morgan fingerprint density at radius 1 is 1.26 bits per heavy atom. The number of anilines is 1. The maximum absolute atomic E-state index is 10.00. The number of hydrogen-bond donors (Lipinski definition) is 3. The molecule has 0 saturated carbocycles. The molecule has 0 aliphatic carbocycles. The van der Waals surface area contributed by atoms with E-state index in [4.69, 9.17) is 35.6 Å². The number of rotatable bonds is 9. The summed E-state index contributed by atoms with van der Waals surface area (Å²) in [6.07, 6.45) is 0.448. The monoisotopic (exact) mass is 501 g/mol. The molecule has 3 atom stereocenters. The fourth-order valence-corrected chi connectivity index (χ4v) is 4.41. The Balaban J connectivity index is 1.76. The van der Waals surface area contributed by atoms with Crippen LogP contribution in [-0.2, 0) is 4.74 Å². The number of nitrogens with zero attached hydrogens (tertiary/aromatic N) is 3. The van der Waals surface area contributed by atoms with E-state index in [1.165, 1.54) is 0 Å². The molecule has 3 heterocycles. The molecule has 2 aromatic heterocycles. The van der Waals surface area contributed by atoms with Gasteiger partial charge in [0, 0.05) is 17.7 Å². The minimum absolute atomic E-state index is 0.141. The van der Waals surface area contributed by atoms with Crippen LogP contribution < -0.4 is 15.4 Å². The van der Waals surface area contributed by atoms with Crippen molar-refractivity contribution in [1.29, 1.82) is 0 Å². The quantitative estimate of drug-likeness (QED) is 0.401. The van der Waals surface area contributed by atoms with Gasteiger partial charge in [-0.15, -0.1) is 0 Å². The fraction of sp³-hybridized carbons (Fsp3) is 0.480. The van der Waals surface area contributed by atoms with Crippen LogP contribution in [0.15, 0.2) is 22.7 Å². The van der Waals surface area contributed by atoms with Crippen molar-refractivity contribution in [1.82, 2.24) is 20.4 Å². The minimum atomic E-state index is -0.632. The summed E-state index contributed by atoms with van der Waals surface area (Å²) in [5.41, 5.74) is 3.83. The lowest BCUT2D eigenvalue weighted by Crippen LogP contribution is -2.29. The fourth-order valence-electron chi connectivity index (χ4n) is 4.21.